The number of carbonyl (C=O) groups excluding carboxylic acids is 1. The van der Waals surface area contributed by atoms with Crippen LogP contribution in [0.5, 0.6) is 0 Å². The van der Waals surface area contributed by atoms with Crippen LogP contribution in [0.15, 0.2) is 30.5 Å². The Labute approximate surface area is 180 Å². The highest BCUT2D eigenvalue weighted by molar-refractivity contribution is 7.15. The minimum absolute atomic E-state index is 0.164. The van der Waals surface area contributed by atoms with Crippen molar-refractivity contribution in [2.45, 2.75) is 37.3 Å². The molecule has 0 radical (unpaired) electrons. The molecule has 0 spiro atoms. The molecule has 0 unspecified atom stereocenters. The number of amides is 1. The van der Waals surface area contributed by atoms with Crippen LogP contribution in [-0.4, -0.2) is 39.4 Å². The van der Waals surface area contributed by atoms with Gasteiger partial charge in [0.15, 0.2) is 5.13 Å². The number of carboxylic acid groups (broad SMARTS) is 1. The highest BCUT2D eigenvalue weighted by Crippen LogP contribution is 2.52. The van der Waals surface area contributed by atoms with Crippen molar-refractivity contribution in [2.24, 2.45) is 0 Å². The molecule has 0 atom stereocenters. The maximum Gasteiger partial charge on any atom is 0.431 e. The third kappa shape index (κ3) is 5.17. The van der Waals surface area contributed by atoms with Crippen molar-refractivity contribution >= 4 is 28.3 Å². The normalized spacial score (nSPS) is 12.3. The smallest absolute Gasteiger partial charge is 0.431 e. The Kier molecular flexibility index (Phi) is 7.16. The Morgan fingerprint density at radius 2 is 1.62 bits per heavy atom. The molecule has 2 aromatic rings. The van der Waals surface area contributed by atoms with E-state index in [1.54, 1.807) is 0 Å². The summed E-state index contributed by atoms with van der Waals surface area (Å²) in [5.41, 5.74) is -4.61. The van der Waals surface area contributed by atoms with E-state index in [0.717, 1.165) is 0 Å². The summed E-state index contributed by atoms with van der Waals surface area (Å²) in [6.07, 6.45) is -13.3. The number of thiazole rings is 1. The van der Waals surface area contributed by atoms with Crippen LogP contribution < -0.4 is 4.90 Å². The number of benzene rings is 1. The van der Waals surface area contributed by atoms with Gasteiger partial charge in [0.2, 0.25) is 5.91 Å². The first-order valence-corrected chi connectivity index (χ1v) is 9.35. The summed E-state index contributed by atoms with van der Waals surface area (Å²) in [5, 5.41) is 26.5. The highest BCUT2D eigenvalue weighted by atomic mass is 32.1. The average molecular weight is 481 g/mol. The van der Waals surface area contributed by atoms with E-state index in [4.69, 9.17) is 10.4 Å². The van der Waals surface area contributed by atoms with E-state index in [0.29, 0.717) is 10.5 Å². The number of nitriles is 1. The zero-order chi connectivity index (χ0) is 24.3. The van der Waals surface area contributed by atoms with E-state index in [-0.39, 0.29) is 29.6 Å². The Balaban J connectivity index is 2.47. The van der Waals surface area contributed by atoms with Crippen molar-refractivity contribution in [1.82, 2.24) is 4.98 Å². The van der Waals surface area contributed by atoms with E-state index in [9.17, 15) is 41.0 Å². The summed E-state index contributed by atoms with van der Waals surface area (Å²) >= 11 is -0.205. The van der Waals surface area contributed by atoms with Crippen molar-refractivity contribution in [2.75, 3.05) is 4.90 Å². The number of hydrogen-bond acceptors (Lipinski definition) is 6. The fourth-order valence-corrected chi connectivity index (χ4v) is 3.54. The number of alkyl halides is 6. The van der Waals surface area contributed by atoms with Crippen molar-refractivity contribution < 1.29 is 46.1 Å². The lowest BCUT2D eigenvalue weighted by molar-refractivity contribution is -0.375. The van der Waals surface area contributed by atoms with Gasteiger partial charge in [0, 0.05) is 12.6 Å². The van der Waals surface area contributed by atoms with Crippen molar-refractivity contribution in [1.29, 1.82) is 5.26 Å². The number of aliphatic carboxylic acids is 1. The molecule has 0 aliphatic carbocycles. The standard InChI is InChI=1S/C18H13F6N3O4S/c19-17(20,21)16(31,18(22,23)24)12-8-26-15(32-12)27(13(28)5-6-14(29)30)9-11-3-1-10(7-25)2-4-11/h1-4,8,31H,5-6,9H2,(H,29,30). The number of carboxylic acids is 1. The number of anilines is 1. The second kappa shape index (κ2) is 9.13. The Morgan fingerprint density at radius 3 is 2.09 bits per heavy atom. The van der Waals surface area contributed by atoms with Gasteiger partial charge in [0.1, 0.15) is 0 Å². The number of aliphatic hydroxyl groups is 1. The predicted octanol–water partition coefficient (Wildman–Crippen LogP) is 3.72. The Bertz CT molecular complexity index is 1010. The van der Waals surface area contributed by atoms with E-state index < -0.39 is 52.7 Å². The molecule has 32 heavy (non-hydrogen) atoms. The van der Waals surface area contributed by atoms with Crippen LogP contribution in [0.2, 0.25) is 0 Å². The largest absolute Gasteiger partial charge is 0.481 e. The molecule has 2 rings (SSSR count). The third-order valence-electron chi connectivity index (χ3n) is 4.18. The lowest BCUT2D eigenvalue weighted by atomic mass is 10.0. The van der Waals surface area contributed by atoms with Crippen molar-refractivity contribution in [3.8, 4) is 6.07 Å². The second-order valence-electron chi connectivity index (χ2n) is 6.40. The second-order valence-corrected chi connectivity index (χ2v) is 7.40. The first kappa shape index (κ1) is 25.1. The van der Waals surface area contributed by atoms with Gasteiger partial charge >= 0.3 is 18.3 Å². The number of nitrogens with zero attached hydrogens (tertiary/aromatic N) is 3. The number of hydrogen-bond donors (Lipinski definition) is 2. The number of halogens is 6. The molecule has 0 saturated carbocycles. The molecule has 0 aliphatic heterocycles. The van der Waals surface area contributed by atoms with Gasteiger partial charge in [0.25, 0.3) is 5.60 Å². The van der Waals surface area contributed by atoms with E-state index >= 15 is 0 Å². The quantitative estimate of drug-likeness (QED) is 0.583. The Morgan fingerprint density at radius 1 is 1.06 bits per heavy atom. The van der Waals surface area contributed by atoms with E-state index in [1.807, 2.05) is 6.07 Å². The molecular formula is C18H13F6N3O4S. The summed E-state index contributed by atoms with van der Waals surface area (Å²) in [4.78, 5) is 25.8. The van der Waals surface area contributed by atoms with Gasteiger partial charge in [-0.25, -0.2) is 4.98 Å². The van der Waals surface area contributed by atoms with Gasteiger partial charge in [-0.3, -0.25) is 14.5 Å². The van der Waals surface area contributed by atoms with Gasteiger partial charge in [-0.05, 0) is 17.7 Å². The van der Waals surface area contributed by atoms with Gasteiger partial charge in [-0.15, -0.1) is 0 Å². The van der Waals surface area contributed by atoms with Gasteiger partial charge in [-0.2, -0.15) is 31.6 Å². The van der Waals surface area contributed by atoms with Crippen LogP contribution in [0, 0.1) is 11.3 Å². The van der Waals surface area contributed by atoms with Crippen molar-refractivity contribution in [3.05, 3.63) is 46.5 Å². The highest BCUT2D eigenvalue weighted by Gasteiger charge is 2.72. The van der Waals surface area contributed by atoms with Crippen LogP contribution in [0.1, 0.15) is 28.8 Å². The number of carbonyl (C=O) groups is 2. The molecule has 1 aromatic heterocycles. The van der Waals surface area contributed by atoms with Crippen LogP contribution in [0.25, 0.3) is 0 Å². The van der Waals surface area contributed by atoms with Crippen LogP contribution >= 0.6 is 11.3 Å². The molecule has 1 heterocycles. The molecule has 0 saturated heterocycles. The molecule has 1 amide bonds. The zero-order valence-corrected chi connectivity index (χ0v) is 16.6. The van der Waals surface area contributed by atoms with Crippen LogP contribution in [-0.2, 0) is 21.7 Å². The molecule has 172 valence electrons. The third-order valence-corrected chi connectivity index (χ3v) is 5.31. The number of aromatic nitrogens is 1. The summed E-state index contributed by atoms with van der Waals surface area (Å²) in [5.74, 6) is -2.28. The zero-order valence-electron chi connectivity index (χ0n) is 15.7. The summed E-state index contributed by atoms with van der Waals surface area (Å²) < 4.78 is 78.7. The minimum atomic E-state index is -6.12. The molecule has 2 N–H and O–H groups in total. The molecule has 7 nitrogen and oxygen atoms in total. The maximum atomic E-state index is 13.1. The van der Waals surface area contributed by atoms with Crippen molar-refractivity contribution in [3.63, 3.8) is 0 Å². The van der Waals surface area contributed by atoms with Crippen LogP contribution in [0.3, 0.4) is 0 Å². The first-order chi connectivity index (χ1) is 14.7. The van der Waals surface area contributed by atoms with Crippen LogP contribution in [0.4, 0.5) is 31.5 Å². The molecular weight excluding hydrogens is 468 g/mol. The molecule has 0 fully saturated rings. The maximum absolute atomic E-state index is 13.1. The average Bonchev–Trinajstić information content (AvgIpc) is 3.18. The lowest BCUT2D eigenvalue weighted by Crippen LogP contribution is -2.53. The first-order valence-electron chi connectivity index (χ1n) is 8.54. The molecule has 0 aliphatic rings. The minimum Gasteiger partial charge on any atom is -0.481 e. The van der Waals surface area contributed by atoms with E-state index in [1.165, 1.54) is 24.3 Å². The molecule has 0 bridgehead atoms. The summed E-state index contributed by atoms with van der Waals surface area (Å²) in [6, 6.07) is 7.38. The summed E-state index contributed by atoms with van der Waals surface area (Å²) in [7, 11) is 0. The van der Waals surface area contributed by atoms with Gasteiger partial charge in [-0.1, -0.05) is 23.5 Å². The monoisotopic (exact) mass is 481 g/mol. The molecule has 1 aromatic carbocycles. The van der Waals surface area contributed by atoms with Gasteiger partial charge in [0.05, 0.1) is 29.5 Å². The van der Waals surface area contributed by atoms with Gasteiger partial charge < -0.3 is 10.2 Å². The SMILES string of the molecule is N#Cc1ccc(CN(C(=O)CCC(=O)O)c2ncc(C(O)(C(F)(F)F)C(F)(F)F)s2)cc1. The van der Waals surface area contributed by atoms with E-state index in [2.05, 4.69) is 4.98 Å². The fourth-order valence-electron chi connectivity index (χ4n) is 2.48. The number of rotatable bonds is 7. The Hall–Kier alpha value is -3.18. The summed E-state index contributed by atoms with van der Waals surface area (Å²) in [6.45, 7) is -0.381. The predicted molar refractivity (Wildman–Crippen MR) is 97.3 cm³/mol. The lowest BCUT2D eigenvalue weighted by Gasteiger charge is -2.30. The topological polar surface area (TPSA) is 115 Å². The molecule has 14 heteroatoms. The fraction of sp³-hybridized carbons (Fsp3) is 0.333.